The second kappa shape index (κ2) is 12.7. The summed E-state index contributed by atoms with van der Waals surface area (Å²) in [5.74, 6) is 0.791. The van der Waals surface area contributed by atoms with Gasteiger partial charge in [-0.3, -0.25) is 4.90 Å². The van der Waals surface area contributed by atoms with Crippen LogP contribution in [0.2, 0.25) is 0 Å². The van der Waals surface area contributed by atoms with Gasteiger partial charge in [-0.1, -0.05) is 87.4 Å². The minimum Gasteiger partial charge on any atom is -0.316 e. The molecule has 0 spiro atoms. The van der Waals surface area contributed by atoms with Gasteiger partial charge in [-0.2, -0.15) is 0 Å². The first-order valence-corrected chi connectivity index (χ1v) is 10.3. The maximum absolute atomic E-state index is 3.65. The number of rotatable bonds is 13. The lowest BCUT2D eigenvalue weighted by Crippen LogP contribution is -2.28. The smallest absolute Gasteiger partial charge is 0.0237 e. The van der Waals surface area contributed by atoms with Gasteiger partial charge in [-0.25, -0.2) is 0 Å². The molecule has 0 aliphatic carbocycles. The normalized spacial score (nSPS) is 12.4. The SMILES string of the molecule is CCCCC(C)CNCCCN(Cc1ccccc1)Cc1ccccc1. The highest BCUT2D eigenvalue weighted by molar-refractivity contribution is 5.17. The summed E-state index contributed by atoms with van der Waals surface area (Å²) in [4.78, 5) is 2.56. The lowest BCUT2D eigenvalue weighted by Gasteiger charge is -2.23. The highest BCUT2D eigenvalue weighted by atomic mass is 15.1. The van der Waals surface area contributed by atoms with Gasteiger partial charge in [0.2, 0.25) is 0 Å². The van der Waals surface area contributed by atoms with Crippen LogP contribution in [-0.2, 0) is 13.1 Å². The van der Waals surface area contributed by atoms with E-state index in [1.54, 1.807) is 0 Å². The van der Waals surface area contributed by atoms with Crippen LogP contribution in [0.1, 0.15) is 50.7 Å². The molecule has 0 aliphatic rings. The molecule has 2 nitrogen and oxygen atoms in total. The van der Waals surface area contributed by atoms with Crippen LogP contribution in [0, 0.1) is 5.92 Å². The summed E-state index contributed by atoms with van der Waals surface area (Å²) < 4.78 is 0. The molecule has 2 aromatic carbocycles. The molecular formula is C24H36N2. The number of unbranched alkanes of at least 4 members (excludes halogenated alkanes) is 1. The molecule has 2 aromatic rings. The van der Waals surface area contributed by atoms with Crippen LogP contribution in [0.3, 0.4) is 0 Å². The quantitative estimate of drug-likeness (QED) is 0.479. The monoisotopic (exact) mass is 352 g/mol. The van der Waals surface area contributed by atoms with Crippen LogP contribution < -0.4 is 5.32 Å². The van der Waals surface area contributed by atoms with E-state index in [1.165, 1.54) is 36.8 Å². The molecule has 0 heterocycles. The fraction of sp³-hybridized carbons (Fsp3) is 0.500. The fourth-order valence-corrected chi connectivity index (χ4v) is 3.33. The lowest BCUT2D eigenvalue weighted by atomic mass is 10.0. The average molecular weight is 353 g/mol. The largest absolute Gasteiger partial charge is 0.316 e. The molecule has 2 rings (SSSR count). The minimum absolute atomic E-state index is 0.791. The molecule has 142 valence electrons. The first-order valence-electron chi connectivity index (χ1n) is 10.3. The topological polar surface area (TPSA) is 15.3 Å². The third kappa shape index (κ3) is 8.64. The second-order valence-corrected chi connectivity index (χ2v) is 7.49. The van der Waals surface area contributed by atoms with Gasteiger partial charge in [-0.05, 0) is 43.0 Å². The molecule has 0 aliphatic heterocycles. The molecule has 0 aromatic heterocycles. The summed E-state index contributed by atoms with van der Waals surface area (Å²) >= 11 is 0. The van der Waals surface area contributed by atoms with E-state index in [-0.39, 0.29) is 0 Å². The zero-order valence-electron chi connectivity index (χ0n) is 16.7. The van der Waals surface area contributed by atoms with Crippen molar-refractivity contribution in [3.63, 3.8) is 0 Å². The zero-order valence-corrected chi connectivity index (χ0v) is 16.7. The Morgan fingerprint density at radius 2 is 1.42 bits per heavy atom. The Bertz CT molecular complexity index is 526. The number of nitrogens with zero attached hydrogens (tertiary/aromatic N) is 1. The molecule has 1 N–H and O–H groups in total. The number of nitrogens with one attached hydrogen (secondary N) is 1. The summed E-state index contributed by atoms with van der Waals surface area (Å²) in [5.41, 5.74) is 2.79. The van der Waals surface area contributed by atoms with Gasteiger partial charge in [0.15, 0.2) is 0 Å². The van der Waals surface area contributed by atoms with E-state index in [9.17, 15) is 0 Å². The van der Waals surface area contributed by atoms with Crippen LogP contribution in [0.5, 0.6) is 0 Å². The summed E-state index contributed by atoms with van der Waals surface area (Å²) in [7, 11) is 0. The third-order valence-electron chi connectivity index (χ3n) is 4.87. The van der Waals surface area contributed by atoms with Crippen LogP contribution in [0.15, 0.2) is 60.7 Å². The first kappa shape index (κ1) is 20.7. The molecule has 2 heteroatoms. The van der Waals surface area contributed by atoms with Crippen LogP contribution >= 0.6 is 0 Å². The summed E-state index contributed by atoms with van der Waals surface area (Å²) in [6.07, 6.45) is 5.20. The van der Waals surface area contributed by atoms with Crippen molar-refractivity contribution in [2.75, 3.05) is 19.6 Å². The standard InChI is InChI=1S/C24H36N2/c1-3-4-12-22(2)19-25-17-11-18-26(20-23-13-7-5-8-14-23)21-24-15-9-6-10-16-24/h5-10,13-16,22,25H,3-4,11-12,17-21H2,1-2H3. The van der Waals surface area contributed by atoms with Gasteiger partial charge in [0.1, 0.15) is 0 Å². The Hall–Kier alpha value is -1.64. The Kier molecular flexibility index (Phi) is 10.1. The zero-order chi connectivity index (χ0) is 18.5. The van der Waals surface area contributed by atoms with Gasteiger partial charge in [-0.15, -0.1) is 0 Å². The predicted octanol–water partition coefficient (Wildman–Crippen LogP) is 5.49. The van der Waals surface area contributed by atoms with Crippen molar-refractivity contribution in [2.24, 2.45) is 5.92 Å². The van der Waals surface area contributed by atoms with Gasteiger partial charge in [0.25, 0.3) is 0 Å². The number of benzene rings is 2. The highest BCUT2D eigenvalue weighted by Crippen LogP contribution is 2.11. The molecule has 1 atom stereocenters. The van der Waals surface area contributed by atoms with Crippen molar-refractivity contribution in [2.45, 2.75) is 52.6 Å². The minimum atomic E-state index is 0.791. The van der Waals surface area contributed by atoms with Crippen LogP contribution in [0.25, 0.3) is 0 Å². The van der Waals surface area contributed by atoms with E-state index < -0.39 is 0 Å². The second-order valence-electron chi connectivity index (χ2n) is 7.49. The molecule has 0 radical (unpaired) electrons. The average Bonchev–Trinajstić information content (AvgIpc) is 2.67. The Labute approximate surface area is 160 Å². The van der Waals surface area contributed by atoms with Crippen LogP contribution in [0.4, 0.5) is 0 Å². The van der Waals surface area contributed by atoms with E-state index in [1.807, 2.05) is 0 Å². The molecule has 0 bridgehead atoms. The van der Waals surface area contributed by atoms with Crippen LogP contribution in [-0.4, -0.2) is 24.5 Å². The third-order valence-corrected chi connectivity index (χ3v) is 4.87. The summed E-state index contributed by atoms with van der Waals surface area (Å²) in [5, 5.41) is 3.65. The van der Waals surface area contributed by atoms with Crippen molar-refractivity contribution in [1.82, 2.24) is 10.2 Å². The Balaban J connectivity index is 1.76. The van der Waals surface area contributed by atoms with E-state index >= 15 is 0 Å². The lowest BCUT2D eigenvalue weighted by molar-refractivity contribution is 0.251. The van der Waals surface area contributed by atoms with Crippen molar-refractivity contribution >= 4 is 0 Å². The van der Waals surface area contributed by atoms with E-state index in [0.717, 1.165) is 38.6 Å². The molecule has 0 fully saturated rings. The van der Waals surface area contributed by atoms with E-state index in [0.29, 0.717) is 0 Å². The van der Waals surface area contributed by atoms with Gasteiger partial charge < -0.3 is 5.32 Å². The maximum atomic E-state index is 3.65. The van der Waals surface area contributed by atoms with Crippen molar-refractivity contribution in [3.05, 3.63) is 71.8 Å². The number of hydrogen-bond donors (Lipinski definition) is 1. The molecule has 0 amide bonds. The van der Waals surface area contributed by atoms with E-state index in [2.05, 4.69) is 84.7 Å². The van der Waals surface area contributed by atoms with Crippen molar-refractivity contribution in [1.29, 1.82) is 0 Å². The molecular weight excluding hydrogens is 316 g/mol. The van der Waals surface area contributed by atoms with Gasteiger partial charge in [0, 0.05) is 19.6 Å². The molecule has 0 saturated carbocycles. The number of hydrogen-bond acceptors (Lipinski definition) is 2. The van der Waals surface area contributed by atoms with Crippen molar-refractivity contribution < 1.29 is 0 Å². The fourth-order valence-electron chi connectivity index (χ4n) is 3.33. The Morgan fingerprint density at radius 1 is 0.846 bits per heavy atom. The van der Waals surface area contributed by atoms with Gasteiger partial charge >= 0.3 is 0 Å². The van der Waals surface area contributed by atoms with Crippen molar-refractivity contribution in [3.8, 4) is 0 Å². The predicted molar refractivity (Wildman–Crippen MR) is 113 cm³/mol. The summed E-state index contributed by atoms with van der Waals surface area (Å²) in [6, 6.07) is 21.6. The Morgan fingerprint density at radius 3 is 1.96 bits per heavy atom. The highest BCUT2D eigenvalue weighted by Gasteiger charge is 2.07. The molecule has 1 unspecified atom stereocenters. The van der Waals surface area contributed by atoms with E-state index in [4.69, 9.17) is 0 Å². The molecule has 26 heavy (non-hydrogen) atoms. The first-order chi connectivity index (χ1) is 12.8. The summed E-state index contributed by atoms with van der Waals surface area (Å²) in [6.45, 7) is 10.0. The molecule has 0 saturated heterocycles. The van der Waals surface area contributed by atoms with Gasteiger partial charge in [0.05, 0.1) is 0 Å². The maximum Gasteiger partial charge on any atom is 0.0237 e.